The van der Waals surface area contributed by atoms with Gasteiger partial charge in [-0.3, -0.25) is 0 Å². The van der Waals surface area contributed by atoms with Gasteiger partial charge in [-0.2, -0.15) is 4.79 Å². The van der Waals surface area contributed by atoms with Gasteiger partial charge in [0.2, 0.25) is 0 Å². The van der Waals surface area contributed by atoms with E-state index in [1.54, 1.807) is 0 Å². The molecule has 5 heteroatoms. The third-order valence-corrected chi connectivity index (χ3v) is 0.839. The molecule has 0 fully saturated rings. The molecular weight excluding hydrogens is 110 g/mol. The molecule has 0 aromatic carbocycles. The van der Waals surface area contributed by atoms with Crippen LogP contribution in [-0.2, 0) is 0 Å². The Balaban J connectivity index is 2.84. The van der Waals surface area contributed by atoms with E-state index in [1.807, 2.05) is 5.11 Å². The number of hydrogen-bond acceptors (Lipinski definition) is 2. The fourth-order valence-electron chi connectivity index (χ4n) is 0.333. The summed E-state index contributed by atoms with van der Waals surface area (Å²) in [5.74, 6) is 0. The highest BCUT2D eigenvalue weighted by Crippen LogP contribution is 1.87. The summed E-state index contributed by atoms with van der Waals surface area (Å²) in [5, 5.41) is 5.07. The summed E-state index contributed by atoms with van der Waals surface area (Å²) in [6.07, 6.45) is 0. The minimum atomic E-state index is -0.546. The fraction of sp³-hybridized carbons (Fsp3) is 0.333. The maximum atomic E-state index is 10.3. The molecule has 1 N–H and O–H groups in total. The van der Waals surface area contributed by atoms with Crippen LogP contribution < -0.4 is 5.11 Å². The first kappa shape index (κ1) is 4.89. The lowest BCUT2D eigenvalue weighted by Gasteiger charge is -1.86. The highest BCUT2D eigenvalue weighted by atomic mass is 16.2. The van der Waals surface area contributed by atoms with Crippen LogP contribution in [0.1, 0.15) is 0 Å². The van der Waals surface area contributed by atoms with Crippen LogP contribution in [0.2, 0.25) is 0 Å². The normalized spacial score (nSPS) is 18.4. The Labute approximate surface area is 45.0 Å². The van der Waals surface area contributed by atoms with E-state index < -0.39 is 12.1 Å². The van der Waals surface area contributed by atoms with Crippen molar-refractivity contribution in [2.75, 3.05) is 7.05 Å². The number of rotatable bonds is 0. The van der Waals surface area contributed by atoms with Crippen LogP contribution in [-0.4, -0.2) is 24.0 Å². The van der Waals surface area contributed by atoms with E-state index in [9.17, 15) is 9.59 Å². The molecule has 42 valence electrons. The number of nitrogens with one attached hydrogen (secondary N) is 1. The number of hydrogen-bond donors (Lipinski definition) is 1. The molecule has 0 unspecified atom stereocenters. The van der Waals surface area contributed by atoms with E-state index in [4.69, 9.17) is 0 Å². The zero-order valence-electron chi connectivity index (χ0n) is 4.21. The average Bonchev–Trinajstić information content (AvgIpc) is 1.98. The van der Waals surface area contributed by atoms with Crippen LogP contribution in [0.3, 0.4) is 0 Å². The Bertz CT molecular complexity index is 155. The van der Waals surface area contributed by atoms with Crippen molar-refractivity contribution < 1.29 is 14.7 Å². The molecule has 5 nitrogen and oxygen atoms in total. The summed E-state index contributed by atoms with van der Waals surface area (Å²) in [6.45, 7) is 0. The summed E-state index contributed by atoms with van der Waals surface area (Å²) in [5.41, 5.74) is 0. The molecule has 0 atom stereocenters. The maximum Gasteiger partial charge on any atom is 0.520 e. The standard InChI is InChI=1S/C3H3N3O2/c1-6-2(7)4-5-3(6)8/h1H3/p+1. The number of imide groups is 1. The molecule has 1 rings (SSSR count). The van der Waals surface area contributed by atoms with Crippen LogP contribution in [0, 0.1) is 0 Å². The van der Waals surface area contributed by atoms with Crippen LogP contribution in [0.25, 0.3) is 0 Å². The lowest BCUT2D eigenvalue weighted by Crippen LogP contribution is -2.69. The Kier molecular flexibility index (Phi) is 0.831. The SMILES string of the molecule is CN1C(=O)N=[NH+]C1=O. The highest BCUT2D eigenvalue weighted by molar-refractivity contribution is 5.91. The van der Waals surface area contributed by atoms with E-state index in [0.717, 1.165) is 4.90 Å². The number of nitrogens with zero attached hydrogens (tertiary/aromatic N) is 2. The zero-order chi connectivity index (χ0) is 6.15. The smallest absolute Gasteiger partial charge is 0.214 e. The lowest BCUT2D eigenvalue weighted by atomic mass is 10.8. The quantitative estimate of drug-likeness (QED) is 0.425. The predicted octanol–water partition coefficient (Wildman–Crippen LogP) is -1.30. The second-order valence-corrected chi connectivity index (χ2v) is 1.37. The van der Waals surface area contributed by atoms with Gasteiger partial charge in [-0.1, -0.05) is 0 Å². The summed E-state index contributed by atoms with van der Waals surface area (Å²) in [4.78, 5) is 21.4. The third-order valence-electron chi connectivity index (χ3n) is 0.839. The van der Waals surface area contributed by atoms with Gasteiger partial charge in [0.1, 0.15) is 0 Å². The first-order valence-corrected chi connectivity index (χ1v) is 2.00. The molecule has 1 aliphatic heterocycles. The van der Waals surface area contributed by atoms with E-state index in [2.05, 4.69) is 5.11 Å². The molecule has 8 heavy (non-hydrogen) atoms. The summed E-state index contributed by atoms with van der Waals surface area (Å²) >= 11 is 0. The van der Waals surface area contributed by atoms with Gasteiger partial charge in [-0.25, -0.2) is 4.79 Å². The van der Waals surface area contributed by atoms with E-state index in [0.29, 0.717) is 0 Å². The minimum absolute atomic E-state index is 0.477. The molecule has 0 aromatic rings. The number of azo groups is 1. The van der Waals surface area contributed by atoms with Gasteiger partial charge in [0.15, 0.2) is 0 Å². The maximum absolute atomic E-state index is 10.3. The molecule has 0 bridgehead atoms. The molecule has 0 spiro atoms. The van der Waals surface area contributed by atoms with Crippen molar-refractivity contribution in [3.05, 3.63) is 0 Å². The topological polar surface area (TPSA) is 63.7 Å². The summed E-state index contributed by atoms with van der Waals surface area (Å²) in [6, 6.07) is -1.02. The summed E-state index contributed by atoms with van der Waals surface area (Å²) in [7, 11) is 1.36. The molecule has 0 aromatic heterocycles. The molecular formula is C3H4N3O2+. The van der Waals surface area contributed by atoms with Crippen LogP contribution >= 0.6 is 0 Å². The van der Waals surface area contributed by atoms with Crippen molar-refractivity contribution >= 4 is 12.1 Å². The van der Waals surface area contributed by atoms with Crippen LogP contribution in [0.5, 0.6) is 0 Å². The highest BCUT2D eigenvalue weighted by Gasteiger charge is 2.31. The number of carbonyl (C=O) groups is 2. The van der Waals surface area contributed by atoms with E-state index in [-0.39, 0.29) is 0 Å². The first-order chi connectivity index (χ1) is 3.72. The Morgan fingerprint density at radius 1 is 1.62 bits per heavy atom. The summed E-state index contributed by atoms with van der Waals surface area (Å²) < 4.78 is 0. The van der Waals surface area contributed by atoms with Crippen molar-refractivity contribution in [2.24, 2.45) is 5.11 Å². The molecule has 0 aliphatic carbocycles. The molecule has 1 aliphatic rings. The second-order valence-electron chi connectivity index (χ2n) is 1.37. The van der Waals surface area contributed by atoms with Gasteiger partial charge < -0.3 is 0 Å². The minimum Gasteiger partial charge on any atom is -0.214 e. The van der Waals surface area contributed by atoms with Gasteiger partial charge in [0.25, 0.3) is 0 Å². The lowest BCUT2D eigenvalue weighted by molar-refractivity contribution is -0.413. The molecule has 1 heterocycles. The van der Waals surface area contributed by atoms with Crippen LogP contribution in [0.4, 0.5) is 9.59 Å². The molecule has 0 saturated heterocycles. The van der Waals surface area contributed by atoms with Crippen molar-refractivity contribution in [1.29, 1.82) is 0 Å². The van der Waals surface area contributed by atoms with Gasteiger partial charge in [0.05, 0.1) is 7.05 Å². The van der Waals surface area contributed by atoms with Crippen LogP contribution in [0.15, 0.2) is 5.11 Å². The Morgan fingerprint density at radius 3 is 2.38 bits per heavy atom. The number of urea groups is 2. The van der Waals surface area contributed by atoms with Crippen molar-refractivity contribution in [3.8, 4) is 0 Å². The predicted molar refractivity (Wildman–Crippen MR) is 21.9 cm³/mol. The molecule has 0 saturated carbocycles. The van der Waals surface area contributed by atoms with Crippen molar-refractivity contribution in [1.82, 2.24) is 4.90 Å². The van der Waals surface area contributed by atoms with Crippen molar-refractivity contribution in [3.63, 3.8) is 0 Å². The largest absolute Gasteiger partial charge is 0.520 e. The Hall–Kier alpha value is -1.26. The zero-order valence-corrected chi connectivity index (χ0v) is 4.21. The van der Waals surface area contributed by atoms with E-state index >= 15 is 0 Å². The van der Waals surface area contributed by atoms with Gasteiger partial charge in [0, 0.05) is 5.11 Å². The van der Waals surface area contributed by atoms with Gasteiger partial charge >= 0.3 is 12.1 Å². The number of carbonyl (C=O) groups excluding carboxylic acids is 2. The van der Waals surface area contributed by atoms with Gasteiger partial charge in [-0.15, -0.1) is 10.0 Å². The monoisotopic (exact) mass is 114 g/mol. The molecule has 0 radical (unpaired) electrons. The first-order valence-electron chi connectivity index (χ1n) is 2.00. The third kappa shape index (κ3) is 0.481. The average molecular weight is 114 g/mol. The number of amides is 4. The van der Waals surface area contributed by atoms with Crippen molar-refractivity contribution in [2.45, 2.75) is 0 Å². The molecule has 4 amide bonds. The van der Waals surface area contributed by atoms with E-state index in [1.165, 1.54) is 7.05 Å². The fourth-order valence-corrected chi connectivity index (χ4v) is 0.333. The van der Waals surface area contributed by atoms with Gasteiger partial charge in [-0.05, 0) is 0 Å². The second kappa shape index (κ2) is 1.36. The Morgan fingerprint density at radius 2 is 2.25 bits per heavy atom.